The number of hydrogen-bond acceptors (Lipinski definition) is 8. The van der Waals surface area contributed by atoms with Crippen molar-refractivity contribution < 1.29 is 26.8 Å². The van der Waals surface area contributed by atoms with E-state index in [1.165, 1.54) is 12.3 Å². The lowest BCUT2D eigenvalue weighted by Crippen LogP contribution is -3.15. The van der Waals surface area contributed by atoms with Crippen molar-refractivity contribution in [3.63, 3.8) is 0 Å². The molecule has 2 amide bonds. The molecule has 210 valence electrons. The fourth-order valence-corrected chi connectivity index (χ4v) is 10.6. The van der Waals surface area contributed by atoms with Crippen molar-refractivity contribution in [1.82, 2.24) is 34.9 Å². The van der Waals surface area contributed by atoms with Crippen LogP contribution in [-0.4, -0.2) is 58.2 Å². The van der Waals surface area contributed by atoms with Gasteiger partial charge in [-0.1, -0.05) is 6.07 Å². The van der Waals surface area contributed by atoms with Crippen molar-refractivity contribution in [1.29, 1.82) is 0 Å². The molecule has 6 aliphatic carbocycles. The molecule has 10 rings (SSSR count). The fraction of sp³-hybridized carbons (Fsp3) is 0.423. The molecule has 6 aliphatic rings. The largest absolute Gasteiger partial charge is 0.417 e. The number of sulfonamides is 1. The zero-order valence-corrected chi connectivity index (χ0v) is 22.2. The Morgan fingerprint density at radius 1 is 1.10 bits per heavy atom. The highest BCUT2D eigenvalue weighted by molar-refractivity contribution is 7.88. The predicted molar refractivity (Wildman–Crippen MR) is 137 cm³/mol. The minimum absolute atomic E-state index is 0.0126. The van der Waals surface area contributed by atoms with Crippen LogP contribution in [0.25, 0.3) is 16.7 Å². The summed E-state index contributed by atoms with van der Waals surface area (Å²) in [5, 5.41) is 9.63. The van der Waals surface area contributed by atoms with Crippen LogP contribution in [0.5, 0.6) is 0 Å². The Bertz CT molecular complexity index is 2010. The second-order valence-corrected chi connectivity index (χ2v) is 13.8. The van der Waals surface area contributed by atoms with Gasteiger partial charge in [-0.05, 0) is 58.6 Å². The Hall–Kier alpha value is -4.11. The normalized spacial score (nSPS) is 34.6. The van der Waals surface area contributed by atoms with Gasteiger partial charge in [-0.25, -0.2) is 31.8 Å². The van der Waals surface area contributed by atoms with Crippen LogP contribution in [-0.2, 0) is 16.6 Å². The third-order valence-electron chi connectivity index (χ3n) is 10.6. The van der Waals surface area contributed by atoms with Crippen LogP contribution in [0.15, 0.2) is 39.7 Å². The molecule has 1 aromatic carbocycles. The van der Waals surface area contributed by atoms with Crippen LogP contribution in [0.3, 0.4) is 0 Å². The monoisotopic (exact) mass is 579 g/mol. The van der Waals surface area contributed by atoms with E-state index < -0.39 is 33.4 Å². The zero-order valence-electron chi connectivity index (χ0n) is 21.3. The molecule has 0 radical (unpaired) electrons. The van der Waals surface area contributed by atoms with E-state index in [9.17, 15) is 27.2 Å². The van der Waals surface area contributed by atoms with E-state index in [-0.39, 0.29) is 34.5 Å². The van der Waals surface area contributed by atoms with Crippen molar-refractivity contribution in [2.75, 3.05) is 12.8 Å². The van der Waals surface area contributed by atoms with Gasteiger partial charge in [0.25, 0.3) is 11.8 Å². The van der Waals surface area contributed by atoms with Gasteiger partial charge in [-0.3, -0.25) is 14.6 Å². The third-order valence-corrected chi connectivity index (χ3v) is 11.3. The number of carbonyl (C=O) groups is 2. The molecular formula is C26H22FN7O6S. The fourth-order valence-electron chi connectivity index (χ4n) is 9.55. The first-order chi connectivity index (χ1) is 19.5. The van der Waals surface area contributed by atoms with Gasteiger partial charge in [0, 0.05) is 24.7 Å². The number of hydrogen-bond donors (Lipinski definition) is 4. The molecule has 6 fully saturated rings. The molecule has 4 N–H and O–H groups in total. The van der Waals surface area contributed by atoms with Crippen molar-refractivity contribution in [2.45, 2.75) is 12.1 Å². The first kappa shape index (κ1) is 23.6. The number of halogens is 1. The quantitative estimate of drug-likeness (QED) is 0.225. The highest BCUT2D eigenvalue weighted by Crippen LogP contribution is 3.06. The number of benzene rings is 1. The van der Waals surface area contributed by atoms with Gasteiger partial charge in [0.15, 0.2) is 17.0 Å². The van der Waals surface area contributed by atoms with Crippen molar-refractivity contribution >= 4 is 38.6 Å². The summed E-state index contributed by atoms with van der Waals surface area (Å²) in [6.45, 7) is 0.530. The van der Waals surface area contributed by atoms with E-state index in [1.54, 1.807) is 18.2 Å². The predicted octanol–water partition coefficient (Wildman–Crippen LogP) is 0.00230. The number of rotatable bonds is 8. The summed E-state index contributed by atoms with van der Waals surface area (Å²) in [6.07, 6.45) is 2.14. The second-order valence-electron chi connectivity index (χ2n) is 12.0. The van der Waals surface area contributed by atoms with Crippen LogP contribution in [0.2, 0.25) is 0 Å². The minimum Gasteiger partial charge on any atom is -0.408 e. The Balaban J connectivity index is 0.920. The topological polar surface area (TPSA) is 181 Å². The van der Waals surface area contributed by atoms with Crippen LogP contribution in [0.1, 0.15) is 26.5 Å². The Kier molecular flexibility index (Phi) is 4.04. The molecular weight excluding hydrogens is 557 g/mol. The van der Waals surface area contributed by atoms with E-state index in [0.717, 1.165) is 10.7 Å². The van der Waals surface area contributed by atoms with Crippen molar-refractivity contribution in [2.24, 2.45) is 40.9 Å². The molecule has 41 heavy (non-hydrogen) atoms. The summed E-state index contributed by atoms with van der Waals surface area (Å²) in [6, 6.07) is 6.24. The van der Waals surface area contributed by atoms with Gasteiger partial charge in [0.1, 0.15) is 11.4 Å². The Morgan fingerprint density at radius 3 is 2.54 bits per heavy atom. The number of oxazole rings is 1. The highest BCUT2D eigenvalue weighted by atomic mass is 32.2. The van der Waals surface area contributed by atoms with E-state index in [2.05, 4.69) is 30.4 Å². The first-order valence-corrected chi connectivity index (χ1v) is 15.1. The number of H-pyrrole nitrogens is 1. The molecule has 3 aromatic heterocycles. The van der Waals surface area contributed by atoms with Crippen LogP contribution >= 0.6 is 0 Å². The van der Waals surface area contributed by atoms with Gasteiger partial charge < -0.3 is 15.1 Å². The number of amides is 2. The van der Waals surface area contributed by atoms with E-state index in [0.29, 0.717) is 58.7 Å². The number of aromatic amines is 1. The van der Waals surface area contributed by atoms with Crippen molar-refractivity contribution in [3.05, 3.63) is 63.8 Å². The summed E-state index contributed by atoms with van der Waals surface area (Å²) in [5.74, 6) is -0.168. The summed E-state index contributed by atoms with van der Waals surface area (Å²) >= 11 is 0. The van der Waals surface area contributed by atoms with Crippen molar-refractivity contribution in [3.8, 4) is 0 Å². The smallest absolute Gasteiger partial charge is 0.408 e. The molecule has 13 nitrogen and oxygen atoms in total. The van der Waals surface area contributed by atoms with E-state index >= 15 is 0 Å². The number of carbonyl (C=O) groups excluding carboxylic acids is 2. The zero-order chi connectivity index (χ0) is 28.2. The average molecular weight is 580 g/mol. The van der Waals surface area contributed by atoms with Crippen LogP contribution in [0, 0.1) is 46.7 Å². The van der Waals surface area contributed by atoms with Crippen LogP contribution in [0.4, 0.5) is 4.39 Å². The SMILES string of the molecule is CS(=O)(=O)NC12C3C4C1C1C2C3C41CNC(=O)c1cc(C(=O)NCc2ccc3oc(=O)[nH]c3c2)nc2c(F)cnn12. The number of aromatic nitrogens is 4. The van der Waals surface area contributed by atoms with Gasteiger partial charge in [-0.2, -0.15) is 5.10 Å². The summed E-state index contributed by atoms with van der Waals surface area (Å²) < 4.78 is 47.2. The standard InChI is InChI=1S/C26H22FN7O6S/c1-41(38,39)33-26-18-15-19(26)17-20(26)16(18)25(15,17)8-29-23(36)13-5-12(31-21-10(27)7-30-34(13)21)22(35)28-6-9-2-3-14-11(4-9)32-24(37)40-14/h2-5,7,15-20,33H,6,8H2,1H3,(H,28,35)(H,29,36)(H,32,37). The average Bonchev–Trinajstić information content (AvgIpc) is 3.50. The summed E-state index contributed by atoms with van der Waals surface area (Å²) in [7, 11) is -3.27. The molecule has 4 aromatic rings. The molecule has 6 saturated carbocycles. The van der Waals surface area contributed by atoms with Gasteiger partial charge in [0.2, 0.25) is 10.0 Å². The maximum absolute atomic E-state index is 14.5. The molecule has 0 bridgehead atoms. The number of nitrogens with one attached hydrogen (secondary N) is 4. The maximum atomic E-state index is 14.5. The lowest BCUT2D eigenvalue weighted by molar-refractivity contribution is -0.621. The molecule has 3 heterocycles. The molecule has 0 spiro atoms. The van der Waals surface area contributed by atoms with Gasteiger partial charge in [0.05, 0.1) is 18.0 Å². The molecule has 0 atom stereocenters. The lowest BCUT2D eigenvalue weighted by Gasteiger charge is -3.11. The second kappa shape index (κ2) is 7.02. The third kappa shape index (κ3) is 2.56. The summed E-state index contributed by atoms with van der Waals surface area (Å²) in [5.41, 5.74) is 0.911. The molecule has 0 unspecified atom stereocenters. The Morgan fingerprint density at radius 2 is 1.83 bits per heavy atom. The molecule has 15 heteroatoms. The lowest BCUT2D eigenvalue weighted by atomic mass is 8.94. The van der Waals surface area contributed by atoms with Gasteiger partial charge in [-0.15, -0.1) is 0 Å². The van der Waals surface area contributed by atoms with Crippen LogP contribution < -0.4 is 21.1 Å². The molecule has 0 aliphatic heterocycles. The van der Waals surface area contributed by atoms with Gasteiger partial charge >= 0.3 is 5.76 Å². The minimum atomic E-state index is -3.27. The Labute approximate surface area is 229 Å². The summed E-state index contributed by atoms with van der Waals surface area (Å²) in [4.78, 5) is 44.4. The number of nitrogens with zero attached hydrogens (tertiary/aromatic N) is 3. The first-order valence-electron chi connectivity index (χ1n) is 13.3. The maximum Gasteiger partial charge on any atom is 0.417 e. The molecule has 0 saturated heterocycles. The number of fused-ring (bicyclic) bond motifs is 2. The highest BCUT2D eigenvalue weighted by Gasteiger charge is 3.10. The van der Waals surface area contributed by atoms with E-state index in [4.69, 9.17) is 4.42 Å². The van der Waals surface area contributed by atoms with E-state index in [1.807, 2.05) is 0 Å².